The number of rotatable bonds is 2. The molecule has 4 aromatic rings. The van der Waals surface area contributed by atoms with E-state index in [0.29, 0.717) is 5.41 Å². The Bertz CT molecular complexity index is 1110. The molecular weight excluding hydrogens is 306 g/mol. The van der Waals surface area contributed by atoms with Crippen molar-refractivity contribution < 1.29 is 0 Å². The molecule has 1 aliphatic carbocycles. The van der Waals surface area contributed by atoms with Crippen molar-refractivity contribution in [1.29, 1.82) is 0 Å². The van der Waals surface area contributed by atoms with Crippen LogP contribution < -0.4 is 0 Å². The number of imidazole rings is 1. The summed E-state index contributed by atoms with van der Waals surface area (Å²) in [4.78, 5) is 9.72. The van der Waals surface area contributed by atoms with Gasteiger partial charge in [-0.1, -0.05) is 63.2 Å². The zero-order valence-corrected chi connectivity index (χ0v) is 14.8. The van der Waals surface area contributed by atoms with Crippen LogP contribution in [0.15, 0.2) is 60.9 Å². The van der Waals surface area contributed by atoms with Crippen LogP contribution >= 0.6 is 0 Å². The molecule has 1 fully saturated rings. The molecule has 1 saturated carbocycles. The average molecular weight is 327 g/mol. The molecule has 2 heterocycles. The van der Waals surface area contributed by atoms with Crippen LogP contribution in [0, 0.1) is 5.41 Å². The van der Waals surface area contributed by atoms with E-state index in [2.05, 4.69) is 55.5 Å². The van der Waals surface area contributed by atoms with Crippen LogP contribution in [0.4, 0.5) is 0 Å². The Morgan fingerprint density at radius 3 is 2.44 bits per heavy atom. The average Bonchev–Trinajstić information content (AvgIpc) is 2.98. The van der Waals surface area contributed by atoms with E-state index in [1.165, 1.54) is 17.4 Å². The van der Waals surface area contributed by atoms with Crippen molar-refractivity contribution in [3.05, 3.63) is 66.5 Å². The number of fused-ring (bicyclic) bond motifs is 3. The van der Waals surface area contributed by atoms with Gasteiger partial charge in [0.15, 0.2) is 0 Å². The highest BCUT2D eigenvalue weighted by atomic mass is 15.1. The minimum absolute atomic E-state index is 0.189. The Morgan fingerprint density at radius 2 is 1.72 bits per heavy atom. The third-order valence-corrected chi connectivity index (χ3v) is 6.15. The van der Waals surface area contributed by atoms with E-state index in [1.807, 2.05) is 30.6 Å². The molecule has 0 aliphatic heterocycles. The lowest BCUT2D eigenvalue weighted by molar-refractivity contribution is 0.531. The van der Waals surface area contributed by atoms with Crippen LogP contribution in [0.5, 0.6) is 0 Å². The van der Waals surface area contributed by atoms with Gasteiger partial charge in [-0.05, 0) is 28.9 Å². The highest BCUT2D eigenvalue weighted by Crippen LogP contribution is 2.65. The van der Waals surface area contributed by atoms with Gasteiger partial charge in [0.25, 0.3) is 0 Å². The largest absolute Gasteiger partial charge is 0.283 e. The first-order valence-electron chi connectivity index (χ1n) is 8.83. The molecule has 0 saturated heterocycles. The standard InChI is InChI=1S/C22H21N3/c1-21(2)14-22(21,3)16-10-7-11-17-18(16)20-23-12-13-25(20)19(24-17)15-8-5-4-6-9-15/h4-13H,14H2,1-3H3. The van der Waals surface area contributed by atoms with E-state index >= 15 is 0 Å². The quantitative estimate of drug-likeness (QED) is 0.504. The van der Waals surface area contributed by atoms with E-state index in [1.54, 1.807) is 0 Å². The molecule has 0 N–H and O–H groups in total. The van der Waals surface area contributed by atoms with Gasteiger partial charge in [-0.2, -0.15) is 0 Å². The van der Waals surface area contributed by atoms with Crippen LogP contribution in [0.1, 0.15) is 32.8 Å². The van der Waals surface area contributed by atoms with Crippen molar-refractivity contribution in [2.75, 3.05) is 0 Å². The highest BCUT2D eigenvalue weighted by molar-refractivity contribution is 5.97. The summed E-state index contributed by atoms with van der Waals surface area (Å²) in [5.41, 5.74) is 5.02. The first kappa shape index (κ1) is 14.6. The van der Waals surface area contributed by atoms with E-state index in [4.69, 9.17) is 9.97 Å². The minimum atomic E-state index is 0.189. The van der Waals surface area contributed by atoms with Crippen molar-refractivity contribution >= 4 is 16.6 Å². The fraction of sp³-hybridized carbons (Fsp3) is 0.273. The second-order valence-electron chi connectivity index (χ2n) is 8.01. The molecule has 2 aromatic heterocycles. The van der Waals surface area contributed by atoms with Crippen molar-refractivity contribution in [2.45, 2.75) is 32.6 Å². The summed E-state index contributed by atoms with van der Waals surface area (Å²) in [6, 6.07) is 16.8. The molecule has 0 bridgehead atoms. The van der Waals surface area contributed by atoms with Gasteiger partial charge < -0.3 is 0 Å². The summed E-state index contributed by atoms with van der Waals surface area (Å²) in [7, 11) is 0. The Hall–Kier alpha value is -2.68. The molecule has 1 aliphatic rings. The van der Waals surface area contributed by atoms with Gasteiger partial charge in [0.2, 0.25) is 0 Å². The van der Waals surface area contributed by atoms with E-state index in [9.17, 15) is 0 Å². The van der Waals surface area contributed by atoms with Crippen LogP contribution in [0.25, 0.3) is 27.9 Å². The molecule has 3 nitrogen and oxygen atoms in total. The van der Waals surface area contributed by atoms with Gasteiger partial charge in [-0.3, -0.25) is 4.40 Å². The lowest BCUT2D eigenvalue weighted by Crippen LogP contribution is -2.11. The zero-order chi connectivity index (χ0) is 17.2. The highest BCUT2D eigenvalue weighted by Gasteiger charge is 2.58. The lowest BCUT2D eigenvalue weighted by Gasteiger charge is -2.19. The summed E-state index contributed by atoms with van der Waals surface area (Å²) in [6.07, 6.45) is 5.09. The molecule has 1 atom stereocenters. The Labute approximate surface area is 147 Å². The van der Waals surface area contributed by atoms with E-state index < -0.39 is 0 Å². The van der Waals surface area contributed by atoms with Crippen molar-refractivity contribution in [1.82, 2.24) is 14.4 Å². The predicted octanol–water partition coefficient (Wildman–Crippen LogP) is 5.24. The van der Waals surface area contributed by atoms with Crippen molar-refractivity contribution in [2.24, 2.45) is 5.41 Å². The monoisotopic (exact) mass is 327 g/mol. The summed E-state index contributed by atoms with van der Waals surface area (Å²) < 4.78 is 2.12. The smallest absolute Gasteiger partial charge is 0.148 e. The number of hydrogen-bond acceptors (Lipinski definition) is 2. The van der Waals surface area contributed by atoms with Crippen molar-refractivity contribution in [3.63, 3.8) is 0 Å². The molecule has 5 rings (SSSR count). The maximum Gasteiger partial charge on any atom is 0.148 e. The fourth-order valence-electron chi connectivity index (χ4n) is 4.25. The number of aromatic nitrogens is 3. The Morgan fingerprint density at radius 1 is 0.960 bits per heavy atom. The van der Waals surface area contributed by atoms with Gasteiger partial charge in [0.05, 0.1) is 5.52 Å². The molecule has 2 aromatic carbocycles. The summed E-state index contributed by atoms with van der Waals surface area (Å²) >= 11 is 0. The second kappa shape index (κ2) is 4.69. The predicted molar refractivity (Wildman–Crippen MR) is 102 cm³/mol. The third kappa shape index (κ3) is 1.92. The van der Waals surface area contributed by atoms with Gasteiger partial charge in [0.1, 0.15) is 11.5 Å². The van der Waals surface area contributed by atoms with Gasteiger partial charge in [0, 0.05) is 23.3 Å². The van der Waals surface area contributed by atoms with Crippen LogP contribution in [-0.4, -0.2) is 14.4 Å². The topological polar surface area (TPSA) is 30.2 Å². The Kier molecular flexibility index (Phi) is 2.75. The maximum atomic E-state index is 5.02. The first-order chi connectivity index (χ1) is 12.0. The summed E-state index contributed by atoms with van der Waals surface area (Å²) in [5, 5.41) is 1.19. The summed E-state index contributed by atoms with van der Waals surface area (Å²) in [6.45, 7) is 7.06. The van der Waals surface area contributed by atoms with Crippen LogP contribution in [0.2, 0.25) is 0 Å². The molecule has 25 heavy (non-hydrogen) atoms. The van der Waals surface area contributed by atoms with Gasteiger partial charge in [-0.25, -0.2) is 9.97 Å². The number of hydrogen-bond donors (Lipinski definition) is 0. The summed E-state index contributed by atoms with van der Waals surface area (Å²) in [5.74, 6) is 0.943. The van der Waals surface area contributed by atoms with Crippen molar-refractivity contribution in [3.8, 4) is 11.4 Å². The lowest BCUT2D eigenvalue weighted by atomic mass is 9.87. The van der Waals surface area contributed by atoms with E-state index in [-0.39, 0.29) is 5.41 Å². The second-order valence-corrected chi connectivity index (χ2v) is 8.01. The number of benzene rings is 2. The van der Waals surface area contributed by atoms with Gasteiger partial charge in [-0.15, -0.1) is 0 Å². The number of nitrogens with zero attached hydrogens (tertiary/aromatic N) is 3. The molecule has 0 radical (unpaired) electrons. The molecule has 124 valence electrons. The van der Waals surface area contributed by atoms with Gasteiger partial charge >= 0.3 is 0 Å². The molecule has 0 spiro atoms. The molecule has 3 heteroatoms. The zero-order valence-electron chi connectivity index (χ0n) is 14.8. The van der Waals surface area contributed by atoms with Crippen LogP contribution in [-0.2, 0) is 5.41 Å². The van der Waals surface area contributed by atoms with Crippen LogP contribution in [0.3, 0.4) is 0 Å². The van der Waals surface area contributed by atoms with E-state index in [0.717, 1.165) is 22.6 Å². The Balaban J connectivity index is 1.87. The normalized spacial score (nSPS) is 21.7. The molecule has 1 unspecified atom stereocenters. The molecule has 0 amide bonds. The fourth-order valence-corrected chi connectivity index (χ4v) is 4.25. The maximum absolute atomic E-state index is 5.02. The SMILES string of the molecule is CC1(C)CC1(C)c1cccc2nc(-c3ccccc3)n3ccnc3c12. The molecular formula is C22H21N3. The third-order valence-electron chi connectivity index (χ3n) is 6.15. The minimum Gasteiger partial charge on any atom is -0.283 e. The first-order valence-corrected chi connectivity index (χ1v) is 8.83.